The van der Waals surface area contributed by atoms with Crippen molar-refractivity contribution < 1.29 is 4.42 Å². The summed E-state index contributed by atoms with van der Waals surface area (Å²) in [5, 5.41) is 5.77. The van der Waals surface area contributed by atoms with E-state index in [1.807, 2.05) is 17.4 Å². The third-order valence-corrected chi connectivity index (χ3v) is 11.4. The lowest BCUT2D eigenvalue weighted by atomic mass is 10.0. The third kappa shape index (κ3) is 4.29. The number of hydrogen-bond donors (Lipinski definition) is 0. The number of fused-ring (bicyclic) bond motifs is 8. The molecule has 10 aromatic rings. The van der Waals surface area contributed by atoms with E-state index in [-0.39, 0.29) is 0 Å². The Kier molecular flexibility index (Phi) is 6.22. The summed E-state index contributed by atoms with van der Waals surface area (Å²) in [6.45, 7) is 0. The molecule has 0 unspecified atom stereocenters. The van der Waals surface area contributed by atoms with Crippen LogP contribution in [0.4, 0.5) is 17.1 Å². The van der Waals surface area contributed by atoms with Gasteiger partial charge in [-0.2, -0.15) is 0 Å². The molecular formula is C43H26N2OS2. The van der Waals surface area contributed by atoms with Crippen molar-refractivity contribution in [2.75, 3.05) is 4.90 Å². The van der Waals surface area contributed by atoms with Gasteiger partial charge in [-0.15, -0.1) is 22.7 Å². The highest BCUT2D eigenvalue weighted by Crippen LogP contribution is 2.50. The van der Waals surface area contributed by atoms with E-state index in [9.17, 15) is 0 Å². The van der Waals surface area contributed by atoms with E-state index < -0.39 is 0 Å². The van der Waals surface area contributed by atoms with Crippen molar-refractivity contribution in [3.05, 3.63) is 158 Å². The van der Waals surface area contributed by atoms with E-state index in [0.717, 1.165) is 70.9 Å². The number of anilines is 3. The molecule has 0 aliphatic heterocycles. The van der Waals surface area contributed by atoms with Crippen LogP contribution in [0.2, 0.25) is 0 Å². The Morgan fingerprint density at radius 2 is 1.19 bits per heavy atom. The molecule has 48 heavy (non-hydrogen) atoms. The van der Waals surface area contributed by atoms with Gasteiger partial charge in [-0.05, 0) is 35.9 Å². The number of thiophene rings is 1. The van der Waals surface area contributed by atoms with Crippen LogP contribution < -0.4 is 4.90 Å². The minimum atomic E-state index is 0.854. The van der Waals surface area contributed by atoms with Gasteiger partial charge in [0.25, 0.3) is 0 Å². The Balaban J connectivity index is 1.32. The lowest BCUT2D eigenvalue weighted by Gasteiger charge is -2.28. The zero-order chi connectivity index (χ0) is 31.6. The summed E-state index contributed by atoms with van der Waals surface area (Å²) in [5.41, 5.74) is 9.23. The Morgan fingerprint density at radius 3 is 2.04 bits per heavy atom. The van der Waals surface area contributed by atoms with Crippen molar-refractivity contribution in [1.82, 2.24) is 4.98 Å². The first-order chi connectivity index (χ1) is 23.8. The fraction of sp³-hybridized carbons (Fsp3) is 0. The Bertz CT molecular complexity index is 2790. The standard InChI is InChI=1S/C43H26N2OS2/c1-3-13-27(14-4-1)30-17-7-10-20-34(30)45(29-23-24-32-31-18-9-12-22-38(31)47-39(32)25-29)35-26-37-40(33-19-8-11-21-36(33)46-37)42-41(35)44-43(48-42)28-15-5-2-6-16-28/h1-26H. The maximum atomic E-state index is 6.62. The molecule has 0 aliphatic rings. The number of rotatable bonds is 5. The van der Waals surface area contributed by atoms with Crippen molar-refractivity contribution in [2.24, 2.45) is 0 Å². The van der Waals surface area contributed by atoms with Crippen molar-refractivity contribution in [1.29, 1.82) is 0 Å². The van der Waals surface area contributed by atoms with Crippen molar-refractivity contribution in [3.8, 4) is 21.7 Å². The molecule has 3 aromatic heterocycles. The minimum absolute atomic E-state index is 0.854. The molecule has 0 N–H and O–H groups in total. The number of benzene rings is 7. The highest BCUT2D eigenvalue weighted by Gasteiger charge is 2.25. The van der Waals surface area contributed by atoms with Gasteiger partial charge in [-0.3, -0.25) is 0 Å². The summed E-state index contributed by atoms with van der Waals surface area (Å²) in [4.78, 5) is 7.81. The molecule has 0 atom stereocenters. The Morgan fingerprint density at radius 1 is 0.500 bits per heavy atom. The second-order valence-electron chi connectivity index (χ2n) is 11.9. The van der Waals surface area contributed by atoms with Gasteiger partial charge < -0.3 is 9.32 Å². The molecule has 226 valence electrons. The summed E-state index contributed by atoms with van der Waals surface area (Å²) < 4.78 is 10.3. The highest BCUT2D eigenvalue weighted by atomic mass is 32.1. The third-order valence-electron chi connectivity index (χ3n) is 9.10. The Labute approximate surface area is 284 Å². The van der Waals surface area contributed by atoms with Gasteiger partial charge in [0, 0.05) is 53.8 Å². The molecule has 0 bridgehead atoms. The molecule has 0 amide bonds. The normalized spacial score (nSPS) is 11.8. The first-order valence-electron chi connectivity index (χ1n) is 16.0. The van der Waals surface area contributed by atoms with Crippen LogP contribution in [0.25, 0.3) is 74.0 Å². The van der Waals surface area contributed by atoms with Crippen molar-refractivity contribution in [2.45, 2.75) is 0 Å². The fourth-order valence-corrected chi connectivity index (χ4v) is 9.21. The summed E-state index contributed by atoms with van der Waals surface area (Å²) >= 11 is 3.57. The van der Waals surface area contributed by atoms with Crippen LogP contribution in [-0.4, -0.2) is 4.98 Å². The van der Waals surface area contributed by atoms with Gasteiger partial charge in [-0.1, -0.05) is 121 Å². The maximum Gasteiger partial charge on any atom is 0.139 e. The number of hydrogen-bond acceptors (Lipinski definition) is 5. The van der Waals surface area contributed by atoms with Gasteiger partial charge in [0.05, 0.1) is 16.1 Å². The zero-order valence-electron chi connectivity index (χ0n) is 25.6. The van der Waals surface area contributed by atoms with Gasteiger partial charge in [0.15, 0.2) is 0 Å². The second-order valence-corrected chi connectivity index (χ2v) is 14.0. The van der Waals surface area contributed by atoms with E-state index in [4.69, 9.17) is 9.40 Å². The quantitative estimate of drug-likeness (QED) is 0.186. The van der Waals surface area contributed by atoms with Gasteiger partial charge in [-0.25, -0.2) is 4.98 Å². The van der Waals surface area contributed by atoms with Crippen LogP contribution in [0.5, 0.6) is 0 Å². The van der Waals surface area contributed by atoms with E-state index in [1.54, 1.807) is 11.3 Å². The summed E-state index contributed by atoms with van der Waals surface area (Å²) in [5.74, 6) is 0. The number of thiazole rings is 1. The molecule has 0 radical (unpaired) electrons. The number of para-hydroxylation sites is 2. The molecule has 5 heteroatoms. The first kappa shape index (κ1) is 27.4. The topological polar surface area (TPSA) is 29.3 Å². The maximum absolute atomic E-state index is 6.62. The molecule has 0 fully saturated rings. The highest BCUT2D eigenvalue weighted by molar-refractivity contribution is 7.25. The van der Waals surface area contributed by atoms with E-state index in [2.05, 4.69) is 157 Å². The lowest BCUT2D eigenvalue weighted by molar-refractivity contribution is 0.669. The number of furan rings is 1. The lowest BCUT2D eigenvalue weighted by Crippen LogP contribution is -2.12. The zero-order valence-corrected chi connectivity index (χ0v) is 27.3. The van der Waals surface area contributed by atoms with Crippen LogP contribution >= 0.6 is 22.7 Å². The fourth-order valence-electron chi connectivity index (χ4n) is 6.92. The van der Waals surface area contributed by atoms with E-state index in [1.165, 1.54) is 20.2 Å². The molecule has 3 heterocycles. The first-order valence-corrected chi connectivity index (χ1v) is 17.6. The SMILES string of the molecule is c1ccc(-c2nc3c(N(c4ccc5c(c4)sc4ccccc45)c4ccccc4-c4ccccc4)cc4oc5ccccc5c4c3s2)cc1. The van der Waals surface area contributed by atoms with Crippen LogP contribution in [0.1, 0.15) is 0 Å². The molecular weight excluding hydrogens is 625 g/mol. The average molecular weight is 651 g/mol. The minimum Gasteiger partial charge on any atom is -0.456 e. The van der Waals surface area contributed by atoms with Crippen LogP contribution in [0.3, 0.4) is 0 Å². The summed E-state index contributed by atoms with van der Waals surface area (Å²) in [6.07, 6.45) is 0. The number of aromatic nitrogens is 1. The Hall–Kier alpha value is -5.75. The number of nitrogens with zero attached hydrogens (tertiary/aromatic N) is 2. The molecule has 0 saturated carbocycles. The van der Waals surface area contributed by atoms with Crippen LogP contribution in [0, 0.1) is 0 Å². The molecule has 0 spiro atoms. The molecule has 7 aromatic carbocycles. The van der Waals surface area contributed by atoms with Gasteiger partial charge >= 0.3 is 0 Å². The van der Waals surface area contributed by atoms with Gasteiger partial charge in [0.2, 0.25) is 0 Å². The van der Waals surface area contributed by atoms with Crippen LogP contribution in [0.15, 0.2) is 162 Å². The largest absolute Gasteiger partial charge is 0.456 e. The monoisotopic (exact) mass is 650 g/mol. The second kappa shape index (κ2) is 10.9. The molecule has 3 nitrogen and oxygen atoms in total. The average Bonchev–Trinajstić information content (AvgIpc) is 3.86. The van der Waals surface area contributed by atoms with Crippen LogP contribution in [-0.2, 0) is 0 Å². The van der Waals surface area contributed by atoms with Gasteiger partial charge in [0.1, 0.15) is 21.7 Å². The summed E-state index contributed by atoms with van der Waals surface area (Å²) in [6, 6.07) is 55.8. The van der Waals surface area contributed by atoms with E-state index in [0.29, 0.717) is 0 Å². The van der Waals surface area contributed by atoms with Crippen molar-refractivity contribution >= 4 is 92.1 Å². The molecule has 0 saturated heterocycles. The molecule has 10 rings (SSSR count). The van der Waals surface area contributed by atoms with E-state index >= 15 is 0 Å². The predicted molar refractivity (Wildman–Crippen MR) is 205 cm³/mol. The summed E-state index contributed by atoms with van der Waals surface area (Å²) in [7, 11) is 0. The van der Waals surface area contributed by atoms with Crippen molar-refractivity contribution in [3.63, 3.8) is 0 Å². The molecule has 0 aliphatic carbocycles. The smallest absolute Gasteiger partial charge is 0.139 e. The predicted octanol–water partition coefficient (Wildman–Crippen LogP) is 13.4.